The number of methoxy groups -OCH3 is 1. The first kappa shape index (κ1) is 25.9. The monoisotopic (exact) mass is 518 g/mol. The zero-order valence-electron chi connectivity index (χ0n) is 20.7. The fraction of sp³-hybridized carbons (Fsp3) is 0.222. The van der Waals surface area contributed by atoms with Crippen molar-refractivity contribution in [1.29, 1.82) is 0 Å². The number of benzene rings is 2. The SMILES string of the molecule is CCc1c(C(=O)C(N)=O)c2c(OCC(=O)OC)nc(SC)nc2n1Cc1ccccc1-c1ccccc1. The van der Waals surface area contributed by atoms with E-state index >= 15 is 0 Å². The van der Waals surface area contributed by atoms with Crippen LogP contribution in [0.2, 0.25) is 0 Å². The van der Waals surface area contributed by atoms with E-state index in [0.29, 0.717) is 29.5 Å². The van der Waals surface area contributed by atoms with Crippen molar-refractivity contribution < 1.29 is 23.9 Å². The van der Waals surface area contributed by atoms with E-state index in [1.165, 1.54) is 18.9 Å². The van der Waals surface area contributed by atoms with Crippen LogP contribution in [0, 0.1) is 0 Å². The molecule has 0 atom stereocenters. The van der Waals surface area contributed by atoms with Gasteiger partial charge in [-0.05, 0) is 29.4 Å². The highest BCUT2D eigenvalue weighted by Gasteiger charge is 2.30. The molecule has 190 valence electrons. The minimum Gasteiger partial charge on any atom is -0.466 e. The van der Waals surface area contributed by atoms with E-state index in [-0.39, 0.29) is 16.8 Å². The molecule has 0 aliphatic rings. The summed E-state index contributed by atoms with van der Waals surface area (Å²) < 4.78 is 12.3. The number of hydrogen-bond donors (Lipinski definition) is 1. The standard InChI is InChI=1S/C27H26N4O5S/c1-4-19-21(23(33)24(28)34)22-25(29-27(37-3)30-26(22)36-15-20(32)35-2)31(19)14-17-12-8-9-13-18(17)16-10-6-5-7-11-16/h5-13H,4,14-15H2,1-3H3,(H2,28,34). The van der Waals surface area contributed by atoms with E-state index in [1.54, 1.807) is 6.26 Å². The van der Waals surface area contributed by atoms with Gasteiger partial charge in [0, 0.05) is 12.2 Å². The first-order valence-corrected chi connectivity index (χ1v) is 12.8. The van der Waals surface area contributed by atoms with Crippen molar-refractivity contribution in [2.75, 3.05) is 20.0 Å². The Morgan fingerprint density at radius 1 is 1.03 bits per heavy atom. The quantitative estimate of drug-likeness (QED) is 0.111. The van der Waals surface area contributed by atoms with Gasteiger partial charge in [-0.3, -0.25) is 9.59 Å². The van der Waals surface area contributed by atoms with Crippen molar-refractivity contribution >= 4 is 40.5 Å². The Bertz CT molecular complexity index is 1480. The number of carbonyl (C=O) groups excluding carboxylic acids is 3. The predicted molar refractivity (Wildman–Crippen MR) is 141 cm³/mol. The number of aromatic nitrogens is 3. The fourth-order valence-electron chi connectivity index (χ4n) is 4.25. The molecule has 2 aromatic heterocycles. The van der Waals surface area contributed by atoms with Gasteiger partial charge >= 0.3 is 5.97 Å². The number of nitrogens with two attached hydrogens (primary N) is 1. The maximum atomic E-state index is 13.1. The molecule has 4 aromatic rings. The van der Waals surface area contributed by atoms with Gasteiger partial charge in [0.25, 0.3) is 11.7 Å². The Morgan fingerprint density at radius 2 is 1.73 bits per heavy atom. The van der Waals surface area contributed by atoms with Gasteiger partial charge in [0.15, 0.2) is 11.8 Å². The van der Waals surface area contributed by atoms with Crippen molar-refractivity contribution in [2.45, 2.75) is 25.0 Å². The van der Waals surface area contributed by atoms with Crippen LogP contribution in [0.1, 0.15) is 28.5 Å². The normalized spacial score (nSPS) is 10.9. The third-order valence-electron chi connectivity index (χ3n) is 5.91. The van der Waals surface area contributed by atoms with E-state index in [2.05, 4.69) is 14.7 Å². The summed E-state index contributed by atoms with van der Waals surface area (Å²) in [7, 11) is 1.24. The van der Waals surface area contributed by atoms with Gasteiger partial charge in [0.1, 0.15) is 5.65 Å². The van der Waals surface area contributed by atoms with E-state index in [1.807, 2.05) is 66.1 Å². The van der Waals surface area contributed by atoms with Crippen LogP contribution in [0.15, 0.2) is 59.8 Å². The first-order valence-electron chi connectivity index (χ1n) is 11.5. The van der Waals surface area contributed by atoms with Gasteiger partial charge in [-0.15, -0.1) is 0 Å². The molecule has 0 aliphatic carbocycles. The molecule has 0 unspecified atom stereocenters. The molecule has 0 bridgehead atoms. The number of thioether (sulfide) groups is 1. The van der Waals surface area contributed by atoms with Gasteiger partial charge in [-0.25, -0.2) is 9.78 Å². The number of Topliss-reactive ketones (excluding diaryl/α,β-unsaturated/α-hetero) is 1. The van der Waals surface area contributed by atoms with Gasteiger partial charge < -0.3 is 19.8 Å². The highest BCUT2D eigenvalue weighted by molar-refractivity contribution is 7.98. The molecule has 0 fully saturated rings. The number of primary amides is 1. The first-order chi connectivity index (χ1) is 17.9. The highest BCUT2D eigenvalue weighted by atomic mass is 32.2. The molecule has 37 heavy (non-hydrogen) atoms. The summed E-state index contributed by atoms with van der Waals surface area (Å²) in [6.45, 7) is 1.81. The molecule has 0 saturated carbocycles. The van der Waals surface area contributed by atoms with Crippen LogP contribution in [-0.4, -0.2) is 52.2 Å². The molecule has 2 aromatic carbocycles. The van der Waals surface area contributed by atoms with Crippen LogP contribution in [0.3, 0.4) is 0 Å². The maximum Gasteiger partial charge on any atom is 0.343 e. The average molecular weight is 519 g/mol. The van der Waals surface area contributed by atoms with Crippen molar-refractivity contribution in [3.05, 3.63) is 71.4 Å². The summed E-state index contributed by atoms with van der Waals surface area (Å²) in [5, 5.41) is 0.614. The van der Waals surface area contributed by atoms with E-state index < -0.39 is 24.3 Å². The van der Waals surface area contributed by atoms with Crippen LogP contribution >= 0.6 is 11.8 Å². The summed E-state index contributed by atoms with van der Waals surface area (Å²) in [6, 6.07) is 17.9. The lowest BCUT2D eigenvalue weighted by Crippen LogP contribution is -2.24. The van der Waals surface area contributed by atoms with Gasteiger partial charge in [-0.1, -0.05) is 73.3 Å². The second kappa shape index (κ2) is 11.3. The molecule has 4 rings (SSSR count). The molecule has 2 N–H and O–H groups in total. The Hall–Kier alpha value is -4.18. The van der Waals surface area contributed by atoms with Crippen molar-refractivity contribution in [2.24, 2.45) is 5.73 Å². The number of fused-ring (bicyclic) bond motifs is 1. The third kappa shape index (κ3) is 5.19. The summed E-state index contributed by atoms with van der Waals surface area (Å²) in [6.07, 6.45) is 2.21. The number of ether oxygens (including phenoxy) is 2. The molecule has 9 nitrogen and oxygen atoms in total. The highest BCUT2D eigenvalue weighted by Crippen LogP contribution is 2.35. The van der Waals surface area contributed by atoms with Crippen molar-refractivity contribution in [3.63, 3.8) is 0 Å². The third-order valence-corrected chi connectivity index (χ3v) is 6.46. The van der Waals surface area contributed by atoms with E-state index in [0.717, 1.165) is 16.7 Å². The Labute approximate surface area is 218 Å². The zero-order chi connectivity index (χ0) is 26.5. The lowest BCUT2D eigenvalue weighted by Gasteiger charge is -2.14. The predicted octanol–water partition coefficient (Wildman–Crippen LogP) is 3.65. The number of carbonyl (C=O) groups is 3. The summed E-state index contributed by atoms with van der Waals surface area (Å²) in [4.78, 5) is 46.0. The fourth-order valence-corrected chi connectivity index (χ4v) is 4.60. The van der Waals surface area contributed by atoms with Crippen LogP contribution in [0.25, 0.3) is 22.2 Å². The lowest BCUT2D eigenvalue weighted by molar-refractivity contribution is -0.143. The number of nitrogens with zero attached hydrogens (tertiary/aromatic N) is 3. The van der Waals surface area contributed by atoms with Crippen molar-refractivity contribution in [1.82, 2.24) is 14.5 Å². The summed E-state index contributed by atoms with van der Waals surface area (Å²) in [5.41, 5.74) is 9.54. The smallest absolute Gasteiger partial charge is 0.343 e. The van der Waals surface area contributed by atoms with Crippen LogP contribution in [0.5, 0.6) is 5.88 Å². The van der Waals surface area contributed by atoms with Crippen LogP contribution < -0.4 is 10.5 Å². The average Bonchev–Trinajstić information content (AvgIpc) is 3.24. The summed E-state index contributed by atoms with van der Waals surface area (Å²) in [5.74, 6) is -2.59. The number of amides is 1. The molecule has 1 amide bonds. The van der Waals surface area contributed by atoms with Crippen LogP contribution in [-0.2, 0) is 27.3 Å². The molecule has 0 aliphatic heterocycles. The molecular formula is C27H26N4O5S. The number of rotatable bonds is 10. The Balaban J connectivity index is 1.99. The largest absolute Gasteiger partial charge is 0.466 e. The van der Waals surface area contributed by atoms with Gasteiger partial charge in [0.05, 0.1) is 18.1 Å². The topological polar surface area (TPSA) is 126 Å². The Kier molecular flexibility index (Phi) is 7.88. The van der Waals surface area contributed by atoms with E-state index in [9.17, 15) is 14.4 Å². The minimum atomic E-state index is -1.11. The van der Waals surface area contributed by atoms with Gasteiger partial charge in [-0.2, -0.15) is 4.98 Å². The Morgan fingerprint density at radius 3 is 2.38 bits per heavy atom. The molecular weight excluding hydrogens is 492 g/mol. The van der Waals surface area contributed by atoms with Crippen molar-refractivity contribution in [3.8, 4) is 17.0 Å². The maximum absolute atomic E-state index is 13.1. The second-order valence-corrected chi connectivity index (χ2v) is 8.83. The molecule has 0 saturated heterocycles. The number of esters is 1. The molecule has 0 spiro atoms. The van der Waals surface area contributed by atoms with E-state index in [4.69, 9.17) is 10.5 Å². The number of ketones is 1. The van der Waals surface area contributed by atoms with Gasteiger partial charge in [0.2, 0.25) is 5.88 Å². The second-order valence-electron chi connectivity index (χ2n) is 8.06. The van der Waals surface area contributed by atoms with Crippen LogP contribution in [0.4, 0.5) is 0 Å². The molecule has 10 heteroatoms. The molecule has 0 radical (unpaired) electrons. The molecule has 2 heterocycles. The number of hydrogen-bond acceptors (Lipinski definition) is 8. The zero-order valence-corrected chi connectivity index (χ0v) is 21.5. The summed E-state index contributed by atoms with van der Waals surface area (Å²) >= 11 is 1.28. The minimum absolute atomic E-state index is 0.00847. The lowest BCUT2D eigenvalue weighted by atomic mass is 9.99.